The first-order valence-electron chi connectivity index (χ1n) is 3.93. The number of nitrogens with zero attached hydrogens (tertiary/aromatic N) is 1. The zero-order chi connectivity index (χ0) is 10.6. The third-order valence-corrected chi connectivity index (χ3v) is 2.84. The fourth-order valence-corrected chi connectivity index (χ4v) is 1.68. The van der Waals surface area contributed by atoms with Gasteiger partial charge in [0, 0.05) is 10.9 Å². The normalized spacial score (nSPS) is 9.50. The van der Waals surface area contributed by atoms with E-state index in [1.807, 2.05) is 0 Å². The van der Waals surface area contributed by atoms with Gasteiger partial charge in [0.2, 0.25) is 0 Å². The third kappa shape index (κ3) is 2.93. The fraction of sp³-hybridized carbons (Fsp3) is 0.200. The van der Waals surface area contributed by atoms with Crippen molar-refractivity contribution in [3.63, 3.8) is 0 Å². The van der Waals surface area contributed by atoms with E-state index >= 15 is 0 Å². The highest BCUT2D eigenvalue weighted by molar-refractivity contribution is 9.10. The Morgan fingerprint density at radius 3 is 2.79 bits per heavy atom. The van der Waals surface area contributed by atoms with Crippen LogP contribution in [-0.2, 0) is 11.2 Å². The first-order chi connectivity index (χ1) is 6.67. The highest BCUT2D eigenvalue weighted by Gasteiger charge is 2.07. The number of carbonyl (C=O) groups excluding carboxylic acids is 1. The molecule has 0 aliphatic rings. The number of nitriles is 1. The zero-order valence-electron chi connectivity index (χ0n) is 7.26. The summed E-state index contributed by atoms with van der Waals surface area (Å²) < 4.78 is 0.883. The van der Waals surface area contributed by atoms with Gasteiger partial charge in [0.1, 0.15) is 5.78 Å². The number of benzene rings is 1. The fourth-order valence-electron chi connectivity index (χ4n) is 1.08. The minimum Gasteiger partial charge on any atom is -0.298 e. The van der Waals surface area contributed by atoms with Gasteiger partial charge >= 0.3 is 0 Å². The molecule has 14 heavy (non-hydrogen) atoms. The SMILES string of the molecule is N#Cc1ccc(Br)cc1CC(=O)CBr. The molecular weight excluding hydrogens is 310 g/mol. The van der Waals surface area contributed by atoms with E-state index in [0.29, 0.717) is 17.3 Å². The van der Waals surface area contributed by atoms with Gasteiger partial charge in [-0.3, -0.25) is 4.79 Å². The molecule has 0 saturated heterocycles. The van der Waals surface area contributed by atoms with Crippen LogP contribution >= 0.6 is 31.9 Å². The molecule has 1 aromatic carbocycles. The van der Waals surface area contributed by atoms with E-state index in [9.17, 15) is 4.79 Å². The van der Waals surface area contributed by atoms with Crippen molar-refractivity contribution in [2.75, 3.05) is 5.33 Å². The third-order valence-electron chi connectivity index (χ3n) is 1.72. The summed E-state index contributed by atoms with van der Waals surface area (Å²) >= 11 is 6.40. The van der Waals surface area contributed by atoms with Crippen LogP contribution in [0.1, 0.15) is 11.1 Å². The lowest BCUT2D eigenvalue weighted by atomic mass is 10.0. The molecule has 4 heteroatoms. The van der Waals surface area contributed by atoms with Crippen molar-refractivity contribution >= 4 is 37.6 Å². The van der Waals surface area contributed by atoms with Crippen LogP contribution in [0, 0.1) is 11.3 Å². The molecule has 2 nitrogen and oxygen atoms in total. The second-order valence-corrected chi connectivity index (χ2v) is 4.24. The Morgan fingerprint density at radius 1 is 1.50 bits per heavy atom. The smallest absolute Gasteiger partial charge is 0.147 e. The predicted octanol–water partition coefficient (Wildman–Crippen LogP) is 2.83. The summed E-state index contributed by atoms with van der Waals surface area (Å²) in [6.07, 6.45) is 0.299. The summed E-state index contributed by atoms with van der Waals surface area (Å²) in [7, 11) is 0. The molecule has 0 bridgehead atoms. The second kappa shape index (κ2) is 5.28. The van der Waals surface area contributed by atoms with Crippen molar-refractivity contribution in [3.05, 3.63) is 33.8 Å². The molecule has 0 aliphatic carbocycles. The lowest BCUT2D eigenvalue weighted by molar-refractivity contribution is -0.115. The number of alkyl halides is 1. The molecule has 1 aromatic rings. The summed E-state index contributed by atoms with van der Waals surface area (Å²) in [6.45, 7) is 0. The maximum absolute atomic E-state index is 11.2. The lowest BCUT2D eigenvalue weighted by Crippen LogP contribution is -2.05. The van der Waals surface area contributed by atoms with Gasteiger partial charge in [-0.05, 0) is 23.8 Å². The highest BCUT2D eigenvalue weighted by atomic mass is 79.9. The van der Waals surface area contributed by atoms with E-state index in [-0.39, 0.29) is 5.78 Å². The molecule has 0 heterocycles. The second-order valence-electron chi connectivity index (χ2n) is 2.76. The largest absolute Gasteiger partial charge is 0.298 e. The summed E-state index contributed by atoms with van der Waals surface area (Å²) in [5.41, 5.74) is 1.33. The van der Waals surface area contributed by atoms with Gasteiger partial charge in [-0.2, -0.15) is 5.26 Å². The molecule has 0 atom stereocenters. The molecular formula is C10H7Br2NO. The average molecular weight is 317 g/mol. The molecule has 0 fully saturated rings. The lowest BCUT2D eigenvalue weighted by Gasteiger charge is -2.02. The zero-order valence-corrected chi connectivity index (χ0v) is 10.4. The maximum atomic E-state index is 11.2. The van der Waals surface area contributed by atoms with Gasteiger partial charge in [-0.15, -0.1) is 0 Å². The van der Waals surface area contributed by atoms with Crippen LogP contribution in [0.25, 0.3) is 0 Å². The van der Waals surface area contributed by atoms with Crippen molar-refractivity contribution in [3.8, 4) is 6.07 Å². The van der Waals surface area contributed by atoms with Gasteiger partial charge < -0.3 is 0 Å². The molecule has 0 aliphatic heterocycles. The van der Waals surface area contributed by atoms with Crippen LogP contribution in [0.3, 0.4) is 0 Å². The highest BCUT2D eigenvalue weighted by Crippen LogP contribution is 2.17. The van der Waals surface area contributed by atoms with Crippen LogP contribution in [0.15, 0.2) is 22.7 Å². The Bertz CT molecular complexity index is 396. The van der Waals surface area contributed by atoms with E-state index in [0.717, 1.165) is 10.0 Å². The van der Waals surface area contributed by atoms with E-state index in [4.69, 9.17) is 5.26 Å². The summed E-state index contributed by atoms with van der Waals surface area (Å²) in [5, 5.41) is 9.13. The molecule has 0 unspecified atom stereocenters. The topological polar surface area (TPSA) is 40.9 Å². The molecule has 0 spiro atoms. The van der Waals surface area contributed by atoms with Gasteiger partial charge in [0.15, 0.2) is 0 Å². The molecule has 0 saturated carbocycles. The molecule has 0 radical (unpaired) electrons. The van der Waals surface area contributed by atoms with Crippen LogP contribution in [0.4, 0.5) is 0 Å². The number of halogens is 2. The van der Waals surface area contributed by atoms with Crippen molar-refractivity contribution in [2.24, 2.45) is 0 Å². The number of rotatable bonds is 3. The maximum Gasteiger partial charge on any atom is 0.147 e. The molecule has 0 N–H and O–H groups in total. The van der Waals surface area contributed by atoms with Crippen LogP contribution < -0.4 is 0 Å². The number of carbonyl (C=O) groups is 1. The molecule has 72 valence electrons. The Morgan fingerprint density at radius 2 is 2.21 bits per heavy atom. The van der Waals surface area contributed by atoms with Crippen LogP contribution in [0.5, 0.6) is 0 Å². The first-order valence-corrected chi connectivity index (χ1v) is 5.85. The van der Waals surface area contributed by atoms with Crippen LogP contribution in [-0.4, -0.2) is 11.1 Å². The number of hydrogen-bond acceptors (Lipinski definition) is 2. The van der Waals surface area contributed by atoms with Gasteiger partial charge in [-0.25, -0.2) is 0 Å². The van der Waals surface area contributed by atoms with Gasteiger partial charge in [0.25, 0.3) is 0 Å². The Hall–Kier alpha value is -0.660. The van der Waals surface area contributed by atoms with Crippen molar-refractivity contribution in [2.45, 2.75) is 6.42 Å². The average Bonchev–Trinajstić information content (AvgIpc) is 2.18. The summed E-state index contributed by atoms with van der Waals surface area (Å²) in [5.74, 6) is 0.0691. The molecule has 0 amide bonds. The molecule has 0 aromatic heterocycles. The van der Waals surface area contributed by atoms with E-state index in [2.05, 4.69) is 37.9 Å². The Balaban J connectivity index is 3.00. The van der Waals surface area contributed by atoms with Gasteiger partial charge in [-0.1, -0.05) is 31.9 Å². The summed E-state index contributed by atoms with van der Waals surface area (Å²) in [6, 6.07) is 7.37. The van der Waals surface area contributed by atoms with Crippen LogP contribution in [0.2, 0.25) is 0 Å². The van der Waals surface area contributed by atoms with Crippen molar-refractivity contribution in [1.82, 2.24) is 0 Å². The van der Waals surface area contributed by atoms with Crippen molar-refractivity contribution < 1.29 is 4.79 Å². The van der Waals surface area contributed by atoms with E-state index < -0.39 is 0 Å². The van der Waals surface area contributed by atoms with E-state index in [1.54, 1.807) is 18.2 Å². The minimum atomic E-state index is 0.0691. The van der Waals surface area contributed by atoms with Crippen molar-refractivity contribution in [1.29, 1.82) is 5.26 Å². The number of Topliss-reactive ketones (excluding diaryl/α,β-unsaturated/α-hetero) is 1. The first kappa shape index (κ1) is 11.4. The Labute approximate surface area is 99.2 Å². The minimum absolute atomic E-state index is 0.0691. The van der Waals surface area contributed by atoms with Gasteiger partial charge in [0.05, 0.1) is 17.0 Å². The molecule has 1 rings (SSSR count). The standard InChI is InChI=1S/C10H7Br2NO/c11-5-10(14)4-8-3-9(12)2-1-7(8)6-13/h1-3H,4-5H2. The number of hydrogen-bond donors (Lipinski definition) is 0. The quantitative estimate of drug-likeness (QED) is 0.805. The monoisotopic (exact) mass is 315 g/mol. The Kier molecular flexibility index (Phi) is 4.30. The van der Waals surface area contributed by atoms with E-state index in [1.165, 1.54) is 0 Å². The number of ketones is 1. The summed E-state index contributed by atoms with van der Waals surface area (Å²) in [4.78, 5) is 11.2. The predicted molar refractivity (Wildman–Crippen MR) is 61.4 cm³/mol.